The van der Waals surface area contributed by atoms with E-state index in [4.69, 9.17) is 5.73 Å². The topological polar surface area (TPSA) is 83.7 Å². The number of primary amides is 1. The van der Waals surface area contributed by atoms with Gasteiger partial charge in [-0.3, -0.25) is 14.4 Å². The number of benzene rings is 1. The molecule has 1 aromatic rings. The first kappa shape index (κ1) is 18.0. The minimum absolute atomic E-state index is 0.0374. The maximum atomic E-state index is 12.7. The molecule has 0 aromatic heterocycles. The molecule has 1 heterocycles. The van der Waals surface area contributed by atoms with Crippen LogP contribution in [0.5, 0.6) is 0 Å². The predicted molar refractivity (Wildman–Crippen MR) is 90.7 cm³/mol. The lowest BCUT2D eigenvalue weighted by Crippen LogP contribution is -2.43. The van der Waals surface area contributed by atoms with Crippen molar-refractivity contribution in [2.75, 3.05) is 19.6 Å². The van der Waals surface area contributed by atoms with E-state index in [0.717, 1.165) is 24.8 Å². The van der Waals surface area contributed by atoms with Crippen LogP contribution in [0.1, 0.15) is 37.7 Å². The smallest absolute Gasteiger partial charge is 0.242 e. The van der Waals surface area contributed by atoms with Gasteiger partial charge in [0, 0.05) is 32.5 Å². The summed E-state index contributed by atoms with van der Waals surface area (Å²) in [4.78, 5) is 39.1. The van der Waals surface area contributed by atoms with Crippen LogP contribution in [0, 0.1) is 0 Å². The van der Waals surface area contributed by atoms with E-state index in [2.05, 4.69) is 0 Å². The summed E-state index contributed by atoms with van der Waals surface area (Å²) in [7, 11) is 0. The van der Waals surface area contributed by atoms with Crippen LogP contribution < -0.4 is 5.73 Å². The number of amides is 3. The Kier molecular flexibility index (Phi) is 6.78. The Hall–Kier alpha value is -2.37. The van der Waals surface area contributed by atoms with Gasteiger partial charge >= 0.3 is 0 Å². The Labute approximate surface area is 142 Å². The number of hydrogen-bond acceptors (Lipinski definition) is 3. The van der Waals surface area contributed by atoms with E-state index in [0.29, 0.717) is 19.5 Å². The van der Waals surface area contributed by atoms with Crippen LogP contribution in [0.2, 0.25) is 0 Å². The molecule has 130 valence electrons. The molecule has 0 aliphatic carbocycles. The van der Waals surface area contributed by atoms with Crippen molar-refractivity contribution >= 4 is 17.7 Å². The third-order valence-electron chi connectivity index (χ3n) is 4.19. The lowest BCUT2D eigenvalue weighted by molar-refractivity contribution is -0.140. The van der Waals surface area contributed by atoms with Crippen LogP contribution in [0.15, 0.2) is 30.3 Å². The Morgan fingerprint density at radius 1 is 1.12 bits per heavy atom. The highest BCUT2D eigenvalue weighted by Crippen LogP contribution is 2.12. The molecule has 1 aliphatic rings. The van der Waals surface area contributed by atoms with Crippen molar-refractivity contribution < 1.29 is 14.4 Å². The highest BCUT2D eigenvalue weighted by Gasteiger charge is 2.22. The fourth-order valence-corrected chi connectivity index (χ4v) is 2.81. The van der Waals surface area contributed by atoms with Gasteiger partial charge in [0.25, 0.3) is 0 Å². The van der Waals surface area contributed by atoms with Crippen molar-refractivity contribution in [2.45, 2.75) is 38.6 Å². The zero-order chi connectivity index (χ0) is 17.4. The van der Waals surface area contributed by atoms with Gasteiger partial charge in [-0.2, -0.15) is 0 Å². The minimum atomic E-state index is -0.438. The number of likely N-dealkylation sites (tertiary alicyclic amines) is 1. The minimum Gasteiger partial charge on any atom is -0.370 e. The summed E-state index contributed by atoms with van der Waals surface area (Å²) in [5.41, 5.74) is 6.20. The molecule has 0 saturated carbocycles. The fraction of sp³-hybridized carbons (Fsp3) is 0.500. The van der Waals surface area contributed by atoms with Crippen molar-refractivity contribution in [3.63, 3.8) is 0 Å². The first-order valence-electron chi connectivity index (χ1n) is 8.44. The van der Waals surface area contributed by atoms with Crippen LogP contribution in [-0.4, -0.2) is 47.2 Å². The molecule has 2 rings (SSSR count). The number of hydrogen-bond donors (Lipinski definition) is 1. The third kappa shape index (κ3) is 5.68. The maximum Gasteiger partial charge on any atom is 0.242 e. The van der Waals surface area contributed by atoms with Crippen molar-refractivity contribution in [3.05, 3.63) is 35.9 Å². The van der Waals surface area contributed by atoms with Gasteiger partial charge in [0.15, 0.2) is 0 Å². The van der Waals surface area contributed by atoms with Gasteiger partial charge in [0.2, 0.25) is 17.7 Å². The number of carbonyl (C=O) groups is 3. The second kappa shape index (κ2) is 9.05. The predicted octanol–water partition coefficient (Wildman–Crippen LogP) is 1.29. The van der Waals surface area contributed by atoms with Crippen molar-refractivity contribution in [3.8, 4) is 0 Å². The Bertz CT molecular complexity index is 574. The third-order valence-corrected chi connectivity index (χ3v) is 4.19. The summed E-state index contributed by atoms with van der Waals surface area (Å²) < 4.78 is 0. The standard InChI is InChI=1S/C18H25N3O3/c19-16(22)10-12-21(13-15-7-3-1-4-8-15)18(24)14-20-11-6-2-5-9-17(20)23/h1,3-4,7-8H,2,5-6,9-14H2,(H2,19,22). The van der Waals surface area contributed by atoms with E-state index >= 15 is 0 Å². The molecule has 0 spiro atoms. The Balaban J connectivity index is 2.02. The Morgan fingerprint density at radius 2 is 1.88 bits per heavy atom. The molecular formula is C18H25N3O3. The van der Waals surface area contributed by atoms with E-state index < -0.39 is 5.91 Å². The van der Waals surface area contributed by atoms with Gasteiger partial charge in [-0.05, 0) is 18.4 Å². The second-order valence-corrected chi connectivity index (χ2v) is 6.14. The molecule has 1 saturated heterocycles. The van der Waals surface area contributed by atoms with E-state index in [9.17, 15) is 14.4 Å². The molecule has 1 aliphatic heterocycles. The van der Waals surface area contributed by atoms with Crippen LogP contribution in [0.25, 0.3) is 0 Å². The largest absolute Gasteiger partial charge is 0.370 e. The van der Waals surface area contributed by atoms with Crippen molar-refractivity contribution in [2.24, 2.45) is 5.73 Å². The lowest BCUT2D eigenvalue weighted by atomic mass is 10.2. The monoisotopic (exact) mass is 331 g/mol. The van der Waals surface area contributed by atoms with Crippen LogP contribution in [0.3, 0.4) is 0 Å². The highest BCUT2D eigenvalue weighted by atomic mass is 16.2. The maximum absolute atomic E-state index is 12.7. The Morgan fingerprint density at radius 3 is 2.58 bits per heavy atom. The molecule has 1 aromatic carbocycles. The van der Waals surface area contributed by atoms with Crippen molar-refractivity contribution in [1.82, 2.24) is 9.80 Å². The molecule has 6 heteroatoms. The molecule has 24 heavy (non-hydrogen) atoms. The SMILES string of the molecule is NC(=O)CCN(Cc1ccccc1)C(=O)CN1CCCCCC1=O. The normalized spacial score (nSPS) is 15.0. The van der Waals surface area contributed by atoms with E-state index in [-0.39, 0.29) is 31.3 Å². The summed E-state index contributed by atoms with van der Waals surface area (Å²) in [6.45, 7) is 1.38. The van der Waals surface area contributed by atoms with Gasteiger partial charge < -0.3 is 15.5 Å². The van der Waals surface area contributed by atoms with E-state index in [1.54, 1.807) is 9.80 Å². The first-order chi connectivity index (χ1) is 11.6. The average Bonchev–Trinajstić information content (AvgIpc) is 2.77. The molecule has 3 amide bonds. The van der Waals surface area contributed by atoms with Gasteiger partial charge in [-0.15, -0.1) is 0 Å². The summed E-state index contributed by atoms with van der Waals surface area (Å²) in [6.07, 6.45) is 3.46. The van der Waals surface area contributed by atoms with Crippen LogP contribution >= 0.6 is 0 Å². The highest BCUT2D eigenvalue weighted by molar-refractivity contribution is 5.85. The average molecular weight is 331 g/mol. The molecule has 1 fully saturated rings. The number of nitrogens with zero attached hydrogens (tertiary/aromatic N) is 2. The van der Waals surface area contributed by atoms with Gasteiger partial charge in [-0.1, -0.05) is 36.8 Å². The summed E-state index contributed by atoms with van der Waals surface area (Å²) in [5, 5.41) is 0. The zero-order valence-corrected chi connectivity index (χ0v) is 13.9. The van der Waals surface area contributed by atoms with Crippen LogP contribution in [-0.2, 0) is 20.9 Å². The quantitative estimate of drug-likeness (QED) is 0.817. The number of carbonyl (C=O) groups excluding carboxylic acids is 3. The summed E-state index contributed by atoms with van der Waals surface area (Å²) in [5.74, 6) is -0.544. The zero-order valence-electron chi connectivity index (χ0n) is 13.9. The van der Waals surface area contributed by atoms with Crippen LogP contribution in [0.4, 0.5) is 0 Å². The molecular weight excluding hydrogens is 306 g/mol. The van der Waals surface area contributed by atoms with Gasteiger partial charge in [-0.25, -0.2) is 0 Å². The first-order valence-corrected chi connectivity index (χ1v) is 8.44. The second-order valence-electron chi connectivity index (χ2n) is 6.14. The summed E-state index contributed by atoms with van der Waals surface area (Å²) in [6, 6.07) is 9.59. The molecule has 0 bridgehead atoms. The lowest BCUT2D eigenvalue weighted by Gasteiger charge is -2.27. The fourth-order valence-electron chi connectivity index (χ4n) is 2.81. The summed E-state index contributed by atoms with van der Waals surface area (Å²) >= 11 is 0. The molecule has 6 nitrogen and oxygen atoms in total. The number of rotatable bonds is 7. The van der Waals surface area contributed by atoms with E-state index in [1.165, 1.54) is 0 Å². The number of nitrogens with two attached hydrogens (primary N) is 1. The van der Waals surface area contributed by atoms with Crippen molar-refractivity contribution in [1.29, 1.82) is 0 Å². The van der Waals surface area contributed by atoms with E-state index in [1.807, 2.05) is 30.3 Å². The molecule has 0 unspecified atom stereocenters. The molecule has 2 N–H and O–H groups in total. The molecule has 0 atom stereocenters. The van der Waals surface area contributed by atoms with Gasteiger partial charge in [0.05, 0.1) is 6.54 Å². The van der Waals surface area contributed by atoms with Gasteiger partial charge in [0.1, 0.15) is 0 Å². The molecule has 0 radical (unpaired) electrons.